The van der Waals surface area contributed by atoms with E-state index >= 15 is 0 Å². The minimum absolute atomic E-state index is 0.566. The SMILES string of the molecule is Clc1ccc(-c2nc(-c3cccc4ccccc34)c(Br)o2)cc1. The molecule has 0 aliphatic carbocycles. The lowest BCUT2D eigenvalue weighted by atomic mass is 10.0. The molecule has 0 unspecified atom stereocenters. The van der Waals surface area contributed by atoms with Gasteiger partial charge in [-0.1, -0.05) is 54.1 Å². The monoisotopic (exact) mass is 383 g/mol. The van der Waals surface area contributed by atoms with Crippen molar-refractivity contribution in [2.75, 3.05) is 0 Å². The fraction of sp³-hybridized carbons (Fsp3) is 0. The van der Waals surface area contributed by atoms with E-state index in [1.54, 1.807) is 0 Å². The highest BCUT2D eigenvalue weighted by molar-refractivity contribution is 9.10. The van der Waals surface area contributed by atoms with Crippen molar-refractivity contribution < 1.29 is 4.42 Å². The van der Waals surface area contributed by atoms with Crippen molar-refractivity contribution in [3.8, 4) is 22.7 Å². The van der Waals surface area contributed by atoms with Gasteiger partial charge in [0.15, 0.2) is 4.67 Å². The summed E-state index contributed by atoms with van der Waals surface area (Å²) < 4.78 is 6.43. The Morgan fingerprint density at radius 1 is 0.870 bits per heavy atom. The molecule has 0 radical (unpaired) electrons. The van der Waals surface area contributed by atoms with E-state index in [1.807, 2.05) is 42.5 Å². The third-order valence-electron chi connectivity index (χ3n) is 3.72. The standard InChI is InChI=1S/C19H11BrClNO/c20-18-17(16-7-3-5-12-4-1-2-6-15(12)16)22-19(23-18)13-8-10-14(21)11-9-13/h1-11H. The van der Waals surface area contributed by atoms with Gasteiger partial charge in [-0.3, -0.25) is 0 Å². The Hall–Kier alpha value is -2.10. The third kappa shape index (κ3) is 2.67. The highest BCUT2D eigenvalue weighted by Crippen LogP contribution is 2.36. The van der Waals surface area contributed by atoms with E-state index in [-0.39, 0.29) is 0 Å². The van der Waals surface area contributed by atoms with Crippen molar-refractivity contribution in [3.05, 3.63) is 76.4 Å². The van der Waals surface area contributed by atoms with Crippen LogP contribution in [0.2, 0.25) is 5.02 Å². The first kappa shape index (κ1) is 14.5. The minimum atomic E-state index is 0.566. The van der Waals surface area contributed by atoms with Gasteiger partial charge >= 0.3 is 0 Å². The maximum Gasteiger partial charge on any atom is 0.228 e. The quantitative estimate of drug-likeness (QED) is 0.390. The number of hydrogen-bond donors (Lipinski definition) is 0. The van der Waals surface area contributed by atoms with Crippen molar-refractivity contribution in [2.24, 2.45) is 0 Å². The number of halogens is 2. The first-order chi connectivity index (χ1) is 11.2. The molecule has 23 heavy (non-hydrogen) atoms. The number of fused-ring (bicyclic) bond motifs is 1. The normalized spacial score (nSPS) is 11.0. The molecular formula is C19H11BrClNO. The molecule has 0 saturated heterocycles. The second kappa shape index (κ2) is 5.84. The number of oxazole rings is 1. The van der Waals surface area contributed by atoms with Gasteiger partial charge in [-0.15, -0.1) is 0 Å². The summed E-state index contributed by atoms with van der Waals surface area (Å²) in [6, 6.07) is 21.9. The van der Waals surface area contributed by atoms with Crippen molar-refractivity contribution in [1.29, 1.82) is 0 Å². The lowest BCUT2D eigenvalue weighted by Crippen LogP contribution is -1.83. The highest BCUT2D eigenvalue weighted by atomic mass is 79.9. The fourth-order valence-corrected chi connectivity index (χ4v) is 3.20. The van der Waals surface area contributed by atoms with E-state index in [4.69, 9.17) is 16.0 Å². The lowest BCUT2D eigenvalue weighted by Gasteiger charge is -2.03. The summed E-state index contributed by atoms with van der Waals surface area (Å²) in [5.74, 6) is 0.566. The molecule has 0 fully saturated rings. The topological polar surface area (TPSA) is 26.0 Å². The summed E-state index contributed by atoms with van der Waals surface area (Å²) in [6.07, 6.45) is 0. The van der Waals surface area contributed by atoms with Gasteiger partial charge in [0.25, 0.3) is 0 Å². The van der Waals surface area contributed by atoms with Gasteiger partial charge < -0.3 is 4.42 Å². The molecule has 0 N–H and O–H groups in total. The van der Waals surface area contributed by atoms with E-state index in [0.29, 0.717) is 15.6 Å². The van der Waals surface area contributed by atoms with Crippen LogP contribution in [0.1, 0.15) is 0 Å². The molecule has 4 aromatic rings. The molecule has 0 amide bonds. The summed E-state index contributed by atoms with van der Waals surface area (Å²) in [5.41, 5.74) is 2.73. The number of aromatic nitrogens is 1. The zero-order chi connectivity index (χ0) is 15.8. The van der Waals surface area contributed by atoms with Crippen LogP contribution in [-0.4, -0.2) is 4.98 Å². The molecule has 0 saturated carbocycles. The maximum absolute atomic E-state index is 5.94. The van der Waals surface area contributed by atoms with E-state index in [0.717, 1.165) is 22.2 Å². The average Bonchev–Trinajstić information content (AvgIpc) is 2.96. The number of nitrogens with zero attached hydrogens (tertiary/aromatic N) is 1. The molecule has 0 aliphatic rings. The van der Waals surface area contributed by atoms with Crippen LogP contribution in [0, 0.1) is 0 Å². The molecular weight excluding hydrogens is 374 g/mol. The summed E-state index contributed by atoms with van der Waals surface area (Å²) >= 11 is 9.43. The van der Waals surface area contributed by atoms with Crippen LogP contribution in [0.15, 0.2) is 75.8 Å². The molecule has 1 aromatic heterocycles. The van der Waals surface area contributed by atoms with Gasteiger partial charge in [-0.05, 0) is 51.0 Å². The van der Waals surface area contributed by atoms with Gasteiger partial charge in [-0.25, -0.2) is 4.98 Å². The van der Waals surface area contributed by atoms with Crippen LogP contribution in [-0.2, 0) is 0 Å². The van der Waals surface area contributed by atoms with Gasteiger partial charge in [0.05, 0.1) is 0 Å². The first-order valence-electron chi connectivity index (χ1n) is 7.13. The van der Waals surface area contributed by atoms with Crippen molar-refractivity contribution in [3.63, 3.8) is 0 Å². The summed E-state index contributed by atoms with van der Waals surface area (Å²) in [7, 11) is 0. The summed E-state index contributed by atoms with van der Waals surface area (Å²) in [4.78, 5) is 4.67. The van der Waals surface area contributed by atoms with E-state index in [9.17, 15) is 0 Å². The van der Waals surface area contributed by atoms with Gasteiger partial charge in [0, 0.05) is 16.1 Å². The molecule has 2 nitrogen and oxygen atoms in total. The van der Waals surface area contributed by atoms with Gasteiger partial charge in [0.2, 0.25) is 5.89 Å². The van der Waals surface area contributed by atoms with Crippen LogP contribution in [0.25, 0.3) is 33.5 Å². The third-order valence-corrected chi connectivity index (χ3v) is 4.51. The average molecular weight is 385 g/mol. The molecule has 112 valence electrons. The Labute approximate surface area is 146 Å². The van der Waals surface area contributed by atoms with E-state index in [2.05, 4.69) is 45.2 Å². The first-order valence-corrected chi connectivity index (χ1v) is 8.30. The molecule has 0 atom stereocenters. The van der Waals surface area contributed by atoms with Crippen molar-refractivity contribution in [1.82, 2.24) is 4.98 Å². The number of hydrogen-bond acceptors (Lipinski definition) is 2. The van der Waals surface area contributed by atoms with Crippen LogP contribution in [0.4, 0.5) is 0 Å². The summed E-state index contributed by atoms with van der Waals surface area (Å²) in [5, 5.41) is 3.01. The van der Waals surface area contributed by atoms with Crippen molar-refractivity contribution >= 4 is 38.3 Å². The zero-order valence-corrected chi connectivity index (χ0v) is 14.3. The Kier molecular flexibility index (Phi) is 3.68. The largest absolute Gasteiger partial charge is 0.429 e. The van der Waals surface area contributed by atoms with E-state index < -0.39 is 0 Å². The molecule has 4 rings (SSSR count). The molecule has 1 heterocycles. The van der Waals surface area contributed by atoms with Crippen LogP contribution in [0.3, 0.4) is 0 Å². The smallest absolute Gasteiger partial charge is 0.228 e. The van der Waals surface area contributed by atoms with Crippen LogP contribution >= 0.6 is 27.5 Å². The van der Waals surface area contributed by atoms with Gasteiger partial charge in [-0.2, -0.15) is 0 Å². The number of rotatable bonds is 2. The molecule has 0 aliphatic heterocycles. The molecule has 3 aromatic carbocycles. The summed E-state index contributed by atoms with van der Waals surface area (Å²) in [6.45, 7) is 0. The van der Waals surface area contributed by atoms with Crippen LogP contribution < -0.4 is 0 Å². The highest BCUT2D eigenvalue weighted by Gasteiger charge is 2.16. The second-order valence-electron chi connectivity index (χ2n) is 5.17. The minimum Gasteiger partial charge on any atom is -0.429 e. The fourth-order valence-electron chi connectivity index (χ4n) is 2.62. The number of benzene rings is 3. The van der Waals surface area contributed by atoms with Crippen LogP contribution in [0.5, 0.6) is 0 Å². The predicted octanol–water partition coefficient (Wildman–Crippen LogP) is 6.58. The predicted molar refractivity (Wildman–Crippen MR) is 97.6 cm³/mol. The second-order valence-corrected chi connectivity index (χ2v) is 6.33. The molecule has 4 heteroatoms. The zero-order valence-electron chi connectivity index (χ0n) is 12.0. The molecule has 0 spiro atoms. The van der Waals surface area contributed by atoms with E-state index in [1.165, 1.54) is 5.39 Å². The molecule has 0 bridgehead atoms. The Balaban J connectivity index is 1.88. The Bertz CT molecular complexity index is 987. The lowest BCUT2D eigenvalue weighted by molar-refractivity contribution is 0.550. The Morgan fingerprint density at radius 3 is 2.43 bits per heavy atom. The van der Waals surface area contributed by atoms with Crippen molar-refractivity contribution in [2.45, 2.75) is 0 Å². The Morgan fingerprint density at radius 2 is 1.61 bits per heavy atom. The van der Waals surface area contributed by atoms with Gasteiger partial charge in [0.1, 0.15) is 5.69 Å². The maximum atomic E-state index is 5.94.